The molecular formula is C17H11Cl3N2OS. The number of carbonyl (C=O) groups is 1. The fraction of sp³-hybridized carbons (Fsp3) is 0.0588. The lowest BCUT2D eigenvalue weighted by Crippen LogP contribution is -2.18. The maximum atomic E-state index is 12.4. The maximum absolute atomic E-state index is 12.4. The Kier molecular flexibility index (Phi) is 5.11. The molecule has 2 aromatic carbocycles. The van der Waals surface area contributed by atoms with Crippen molar-refractivity contribution in [3.63, 3.8) is 0 Å². The maximum Gasteiger partial charge on any atom is 0.283 e. The molecule has 122 valence electrons. The second-order valence-corrected chi connectivity index (χ2v) is 7.33. The third kappa shape index (κ3) is 3.57. The van der Waals surface area contributed by atoms with Gasteiger partial charge in [0.25, 0.3) is 5.91 Å². The van der Waals surface area contributed by atoms with Gasteiger partial charge in [0.15, 0.2) is 0 Å². The summed E-state index contributed by atoms with van der Waals surface area (Å²) < 4.78 is 0.857. The highest BCUT2D eigenvalue weighted by atomic mass is 35.5. The Morgan fingerprint density at radius 1 is 1.04 bits per heavy atom. The largest absolute Gasteiger partial charge is 0.283 e. The molecule has 1 amide bonds. The normalized spacial score (nSPS) is 11.8. The van der Waals surface area contributed by atoms with Crippen LogP contribution in [0.4, 0.5) is 0 Å². The Balaban J connectivity index is 1.83. The van der Waals surface area contributed by atoms with Crippen molar-refractivity contribution in [2.24, 2.45) is 5.10 Å². The SMILES string of the molecule is C/C(=N\NC(=O)c1sc2cc(Cl)ccc2c1Cl)c1ccc(Cl)cc1. The van der Waals surface area contributed by atoms with E-state index in [1.54, 1.807) is 37.3 Å². The molecule has 3 nitrogen and oxygen atoms in total. The summed E-state index contributed by atoms with van der Waals surface area (Å²) in [5.74, 6) is -0.356. The molecule has 1 N–H and O–H groups in total. The predicted octanol–water partition coefficient (Wildman–Crippen LogP) is 6.02. The van der Waals surface area contributed by atoms with E-state index in [9.17, 15) is 4.79 Å². The number of hydrogen-bond acceptors (Lipinski definition) is 3. The van der Waals surface area contributed by atoms with Crippen molar-refractivity contribution >= 4 is 67.8 Å². The van der Waals surface area contributed by atoms with Crippen LogP contribution in [-0.4, -0.2) is 11.6 Å². The van der Waals surface area contributed by atoms with Crippen LogP contribution in [0, 0.1) is 0 Å². The highest BCUT2D eigenvalue weighted by Gasteiger charge is 2.17. The van der Waals surface area contributed by atoms with E-state index < -0.39 is 0 Å². The zero-order chi connectivity index (χ0) is 17.3. The van der Waals surface area contributed by atoms with E-state index in [4.69, 9.17) is 34.8 Å². The number of amides is 1. The summed E-state index contributed by atoms with van der Waals surface area (Å²) >= 11 is 19.4. The zero-order valence-electron chi connectivity index (χ0n) is 12.4. The van der Waals surface area contributed by atoms with Crippen molar-refractivity contribution in [1.82, 2.24) is 5.43 Å². The van der Waals surface area contributed by atoms with Crippen LogP contribution in [0.2, 0.25) is 15.1 Å². The van der Waals surface area contributed by atoms with E-state index in [2.05, 4.69) is 10.5 Å². The van der Waals surface area contributed by atoms with E-state index in [-0.39, 0.29) is 5.91 Å². The smallest absolute Gasteiger partial charge is 0.266 e. The van der Waals surface area contributed by atoms with Crippen LogP contribution >= 0.6 is 46.1 Å². The summed E-state index contributed by atoms with van der Waals surface area (Å²) in [5, 5.41) is 6.58. The summed E-state index contributed by atoms with van der Waals surface area (Å²) in [6.45, 7) is 1.80. The zero-order valence-corrected chi connectivity index (χ0v) is 15.5. The molecule has 1 aromatic heterocycles. The lowest BCUT2D eigenvalue weighted by Gasteiger charge is -2.02. The number of halogens is 3. The van der Waals surface area contributed by atoms with Crippen LogP contribution in [0.15, 0.2) is 47.6 Å². The Bertz CT molecular complexity index is 948. The number of benzene rings is 2. The first-order chi connectivity index (χ1) is 11.5. The summed E-state index contributed by atoms with van der Waals surface area (Å²) in [6.07, 6.45) is 0. The number of nitrogens with one attached hydrogen (secondary N) is 1. The average molecular weight is 398 g/mol. The van der Waals surface area contributed by atoms with Crippen molar-refractivity contribution < 1.29 is 4.79 Å². The van der Waals surface area contributed by atoms with E-state index in [0.29, 0.717) is 25.7 Å². The molecule has 0 aliphatic rings. The lowest BCUT2D eigenvalue weighted by molar-refractivity contribution is 0.0959. The second-order valence-electron chi connectivity index (χ2n) is 5.03. The van der Waals surface area contributed by atoms with Crippen LogP contribution in [0.1, 0.15) is 22.2 Å². The molecule has 0 saturated carbocycles. The number of hydrogen-bond donors (Lipinski definition) is 1. The van der Waals surface area contributed by atoms with Gasteiger partial charge in [0.1, 0.15) is 4.88 Å². The van der Waals surface area contributed by atoms with Crippen molar-refractivity contribution in [1.29, 1.82) is 0 Å². The topological polar surface area (TPSA) is 41.5 Å². The number of rotatable bonds is 3. The van der Waals surface area contributed by atoms with E-state index in [1.807, 2.05) is 12.1 Å². The number of hydrazone groups is 1. The Morgan fingerprint density at radius 2 is 1.71 bits per heavy atom. The Hall–Kier alpha value is -1.59. The number of thiophene rings is 1. The Labute approximate surface area is 157 Å². The highest BCUT2D eigenvalue weighted by Crippen LogP contribution is 2.36. The third-order valence-electron chi connectivity index (χ3n) is 3.38. The van der Waals surface area contributed by atoms with Gasteiger partial charge in [0.2, 0.25) is 0 Å². The van der Waals surface area contributed by atoms with Crippen LogP contribution in [0.25, 0.3) is 10.1 Å². The van der Waals surface area contributed by atoms with Crippen molar-refractivity contribution in [3.8, 4) is 0 Å². The molecule has 3 rings (SSSR count). The van der Waals surface area contributed by atoms with Gasteiger partial charge < -0.3 is 0 Å². The van der Waals surface area contributed by atoms with Gasteiger partial charge >= 0.3 is 0 Å². The molecule has 0 spiro atoms. The molecule has 1 heterocycles. The van der Waals surface area contributed by atoms with Gasteiger partial charge in [-0.2, -0.15) is 5.10 Å². The number of carbonyl (C=O) groups excluding carboxylic acids is 1. The summed E-state index contributed by atoms with van der Waals surface area (Å²) in [4.78, 5) is 12.8. The number of nitrogens with zero attached hydrogens (tertiary/aromatic N) is 1. The Morgan fingerprint density at radius 3 is 2.42 bits per heavy atom. The molecule has 0 atom stereocenters. The van der Waals surface area contributed by atoms with E-state index >= 15 is 0 Å². The molecular weight excluding hydrogens is 387 g/mol. The molecule has 0 radical (unpaired) electrons. The minimum Gasteiger partial charge on any atom is -0.266 e. The van der Waals surface area contributed by atoms with Gasteiger partial charge in [-0.3, -0.25) is 4.79 Å². The second kappa shape index (κ2) is 7.11. The molecule has 24 heavy (non-hydrogen) atoms. The third-order valence-corrected chi connectivity index (χ3v) is 5.53. The van der Waals surface area contributed by atoms with Crippen molar-refractivity contribution in [3.05, 3.63) is 68.0 Å². The standard InChI is InChI=1S/C17H11Cl3N2OS/c1-9(10-2-4-11(18)5-3-10)21-22-17(23)16-15(20)13-7-6-12(19)8-14(13)24-16/h2-8H,1H3,(H,22,23)/b21-9+. The summed E-state index contributed by atoms with van der Waals surface area (Å²) in [5.41, 5.74) is 4.07. The summed E-state index contributed by atoms with van der Waals surface area (Å²) in [7, 11) is 0. The monoisotopic (exact) mass is 396 g/mol. The first-order valence-electron chi connectivity index (χ1n) is 6.94. The van der Waals surface area contributed by atoms with Gasteiger partial charge in [0.05, 0.1) is 10.7 Å². The number of fused-ring (bicyclic) bond motifs is 1. The molecule has 0 bridgehead atoms. The van der Waals surface area contributed by atoms with Crippen LogP contribution in [-0.2, 0) is 0 Å². The van der Waals surface area contributed by atoms with Crippen LogP contribution in [0.3, 0.4) is 0 Å². The van der Waals surface area contributed by atoms with Gasteiger partial charge in [0, 0.05) is 20.1 Å². The first-order valence-corrected chi connectivity index (χ1v) is 8.89. The van der Waals surface area contributed by atoms with E-state index in [0.717, 1.165) is 15.6 Å². The van der Waals surface area contributed by atoms with E-state index in [1.165, 1.54) is 11.3 Å². The molecule has 0 fully saturated rings. The quantitative estimate of drug-likeness (QED) is 0.426. The van der Waals surface area contributed by atoms with Crippen molar-refractivity contribution in [2.75, 3.05) is 0 Å². The fourth-order valence-corrected chi connectivity index (χ4v) is 3.94. The molecule has 0 unspecified atom stereocenters. The van der Waals surface area contributed by atoms with Gasteiger partial charge in [-0.1, -0.05) is 53.0 Å². The van der Waals surface area contributed by atoms with Crippen molar-refractivity contribution in [2.45, 2.75) is 6.92 Å². The summed E-state index contributed by atoms with van der Waals surface area (Å²) in [6, 6.07) is 12.5. The minimum absolute atomic E-state index is 0.356. The first kappa shape index (κ1) is 17.2. The van der Waals surface area contributed by atoms with Gasteiger partial charge in [-0.05, 0) is 36.8 Å². The molecule has 0 aliphatic carbocycles. The van der Waals surface area contributed by atoms with Gasteiger partial charge in [-0.15, -0.1) is 11.3 Å². The lowest BCUT2D eigenvalue weighted by atomic mass is 10.1. The van der Waals surface area contributed by atoms with Crippen LogP contribution in [0.5, 0.6) is 0 Å². The highest BCUT2D eigenvalue weighted by molar-refractivity contribution is 7.21. The molecule has 0 saturated heterocycles. The molecule has 3 aromatic rings. The minimum atomic E-state index is -0.356. The molecule has 7 heteroatoms. The van der Waals surface area contributed by atoms with Crippen LogP contribution < -0.4 is 5.43 Å². The average Bonchev–Trinajstić information content (AvgIpc) is 2.89. The molecule has 0 aliphatic heterocycles. The fourth-order valence-electron chi connectivity index (χ4n) is 2.13. The predicted molar refractivity (Wildman–Crippen MR) is 103 cm³/mol. The van der Waals surface area contributed by atoms with Gasteiger partial charge in [-0.25, -0.2) is 5.43 Å².